The first-order valence-corrected chi connectivity index (χ1v) is 8.70. The molecule has 3 rings (SSSR count). The minimum Gasteiger partial charge on any atom is -0.330 e. The minimum absolute atomic E-state index is 0.129. The number of hydrogen-bond donors (Lipinski definition) is 2. The van der Waals surface area contributed by atoms with Gasteiger partial charge in [-0.25, -0.2) is 0 Å². The molecule has 0 radical (unpaired) electrons. The average molecular weight is 333 g/mol. The average Bonchev–Trinajstić information content (AvgIpc) is 2.86. The Labute approximate surface area is 138 Å². The van der Waals surface area contributed by atoms with Gasteiger partial charge in [-0.1, -0.05) is 6.07 Å². The van der Waals surface area contributed by atoms with Crippen LogP contribution in [0.4, 0.5) is 0 Å². The molecule has 0 aromatic heterocycles. The number of hydrogen-bond acceptors (Lipinski definition) is 5. The van der Waals surface area contributed by atoms with Crippen LogP contribution in [0.15, 0.2) is 23.1 Å². The van der Waals surface area contributed by atoms with Crippen molar-refractivity contribution in [3.8, 4) is 0 Å². The van der Waals surface area contributed by atoms with Crippen LogP contribution in [0.5, 0.6) is 0 Å². The summed E-state index contributed by atoms with van der Waals surface area (Å²) in [6, 6.07) is 5.11. The summed E-state index contributed by atoms with van der Waals surface area (Å²) in [4.78, 5) is 38.6. The van der Waals surface area contributed by atoms with Gasteiger partial charge in [-0.3, -0.25) is 19.7 Å². The quantitative estimate of drug-likeness (QED) is 0.474. The molecule has 1 aromatic rings. The van der Waals surface area contributed by atoms with E-state index in [4.69, 9.17) is 5.73 Å². The van der Waals surface area contributed by atoms with Gasteiger partial charge in [0.1, 0.15) is 6.04 Å². The van der Waals surface area contributed by atoms with Gasteiger partial charge in [0.2, 0.25) is 11.8 Å². The number of fused-ring (bicyclic) bond motifs is 1. The lowest BCUT2D eigenvalue weighted by Gasteiger charge is -2.29. The van der Waals surface area contributed by atoms with Crippen molar-refractivity contribution in [2.75, 3.05) is 12.3 Å². The Kier molecular flexibility index (Phi) is 4.68. The summed E-state index contributed by atoms with van der Waals surface area (Å²) in [5, 5.41) is 2.32. The van der Waals surface area contributed by atoms with Crippen LogP contribution in [0.1, 0.15) is 35.2 Å². The van der Waals surface area contributed by atoms with Gasteiger partial charge in [-0.05, 0) is 42.8 Å². The minimum atomic E-state index is -0.561. The van der Waals surface area contributed by atoms with E-state index in [-0.39, 0.29) is 24.1 Å². The molecule has 23 heavy (non-hydrogen) atoms. The molecule has 6 nitrogen and oxygen atoms in total. The molecule has 0 spiro atoms. The fourth-order valence-electron chi connectivity index (χ4n) is 2.96. The Hall–Kier alpha value is -1.86. The van der Waals surface area contributed by atoms with Crippen LogP contribution in [0.2, 0.25) is 0 Å². The van der Waals surface area contributed by atoms with E-state index in [9.17, 15) is 14.4 Å². The van der Waals surface area contributed by atoms with Gasteiger partial charge in [-0.15, -0.1) is 11.8 Å². The Morgan fingerprint density at radius 3 is 2.87 bits per heavy atom. The molecule has 3 amide bonds. The molecule has 2 aliphatic rings. The van der Waals surface area contributed by atoms with E-state index in [1.165, 1.54) is 0 Å². The highest BCUT2D eigenvalue weighted by Crippen LogP contribution is 2.34. The summed E-state index contributed by atoms with van der Waals surface area (Å²) in [6.45, 7) is 1.07. The standard InChI is InChI=1S/C16H19N3O3S/c17-7-2-8-23-13-4-1-3-10-11(13)9-19(16(10)22)12-5-6-14(20)18-15(12)21/h1,3-4,12H,2,5-9,17H2,(H,18,20,21). The zero-order valence-corrected chi connectivity index (χ0v) is 13.5. The summed E-state index contributed by atoms with van der Waals surface area (Å²) < 4.78 is 0. The largest absolute Gasteiger partial charge is 0.330 e. The monoisotopic (exact) mass is 333 g/mol. The zero-order chi connectivity index (χ0) is 16.4. The molecule has 1 aromatic carbocycles. The third kappa shape index (κ3) is 3.11. The molecule has 3 N–H and O–H groups in total. The number of thioether (sulfide) groups is 1. The second-order valence-electron chi connectivity index (χ2n) is 5.67. The number of nitrogens with two attached hydrogens (primary N) is 1. The first-order valence-electron chi connectivity index (χ1n) is 7.71. The van der Waals surface area contributed by atoms with E-state index in [1.54, 1.807) is 22.7 Å². The SMILES string of the molecule is NCCCSc1cccc2c1CN(C1CCC(=O)NC1=O)C2=O. The Morgan fingerprint density at radius 1 is 1.30 bits per heavy atom. The van der Waals surface area contributed by atoms with Crippen molar-refractivity contribution < 1.29 is 14.4 Å². The molecule has 1 unspecified atom stereocenters. The molecule has 7 heteroatoms. The van der Waals surface area contributed by atoms with Gasteiger partial charge in [-0.2, -0.15) is 0 Å². The molecule has 122 valence electrons. The number of nitrogens with one attached hydrogen (secondary N) is 1. The lowest BCUT2D eigenvalue weighted by atomic mass is 10.0. The number of rotatable bonds is 5. The summed E-state index contributed by atoms with van der Waals surface area (Å²) in [6.07, 6.45) is 1.58. The fraction of sp³-hybridized carbons (Fsp3) is 0.438. The third-order valence-electron chi connectivity index (χ3n) is 4.15. The number of benzene rings is 1. The fourth-order valence-corrected chi connectivity index (χ4v) is 4.01. The van der Waals surface area contributed by atoms with Crippen molar-refractivity contribution in [1.82, 2.24) is 10.2 Å². The maximum Gasteiger partial charge on any atom is 0.255 e. The molecular weight excluding hydrogens is 314 g/mol. The normalized spacial score (nSPS) is 20.7. The van der Waals surface area contributed by atoms with E-state index in [0.717, 1.165) is 22.6 Å². The van der Waals surface area contributed by atoms with Gasteiger partial charge in [0.05, 0.1) is 0 Å². The molecule has 0 saturated carbocycles. The second kappa shape index (κ2) is 6.72. The molecule has 2 heterocycles. The first kappa shape index (κ1) is 16.0. The van der Waals surface area contributed by atoms with Crippen molar-refractivity contribution in [2.45, 2.75) is 36.7 Å². The number of amides is 3. The van der Waals surface area contributed by atoms with Gasteiger partial charge >= 0.3 is 0 Å². The van der Waals surface area contributed by atoms with Crippen LogP contribution in [-0.2, 0) is 16.1 Å². The van der Waals surface area contributed by atoms with Crippen LogP contribution in [-0.4, -0.2) is 41.0 Å². The van der Waals surface area contributed by atoms with Crippen molar-refractivity contribution in [2.24, 2.45) is 5.73 Å². The van der Waals surface area contributed by atoms with Crippen LogP contribution in [0.25, 0.3) is 0 Å². The van der Waals surface area contributed by atoms with E-state index in [2.05, 4.69) is 5.32 Å². The number of imide groups is 1. The second-order valence-corrected chi connectivity index (χ2v) is 6.81. The lowest BCUT2D eigenvalue weighted by molar-refractivity contribution is -0.136. The van der Waals surface area contributed by atoms with Crippen molar-refractivity contribution in [3.05, 3.63) is 29.3 Å². The van der Waals surface area contributed by atoms with E-state index >= 15 is 0 Å². The third-order valence-corrected chi connectivity index (χ3v) is 5.33. The summed E-state index contributed by atoms with van der Waals surface area (Å²) in [7, 11) is 0. The maximum atomic E-state index is 12.6. The first-order chi connectivity index (χ1) is 11.1. The van der Waals surface area contributed by atoms with Gasteiger partial charge in [0.15, 0.2) is 0 Å². The highest BCUT2D eigenvalue weighted by atomic mass is 32.2. The molecule has 2 aliphatic heterocycles. The Balaban J connectivity index is 1.80. The Bertz CT molecular complexity index is 662. The smallest absolute Gasteiger partial charge is 0.255 e. The van der Waals surface area contributed by atoms with Crippen molar-refractivity contribution in [3.63, 3.8) is 0 Å². The van der Waals surface area contributed by atoms with Gasteiger partial charge in [0, 0.05) is 23.4 Å². The van der Waals surface area contributed by atoms with Gasteiger partial charge in [0.25, 0.3) is 5.91 Å². The van der Waals surface area contributed by atoms with E-state index in [0.29, 0.717) is 25.1 Å². The molecule has 0 aliphatic carbocycles. The van der Waals surface area contributed by atoms with Crippen LogP contribution in [0, 0.1) is 0 Å². The molecule has 1 atom stereocenters. The number of carbonyl (C=O) groups excluding carboxylic acids is 3. The number of piperidine rings is 1. The predicted molar refractivity (Wildman–Crippen MR) is 86.9 cm³/mol. The Morgan fingerprint density at radius 2 is 2.13 bits per heavy atom. The molecule has 1 fully saturated rings. The van der Waals surface area contributed by atoms with Crippen LogP contribution >= 0.6 is 11.8 Å². The topological polar surface area (TPSA) is 92.5 Å². The summed E-state index contributed by atoms with van der Waals surface area (Å²) >= 11 is 1.69. The summed E-state index contributed by atoms with van der Waals surface area (Å²) in [5.41, 5.74) is 7.16. The van der Waals surface area contributed by atoms with Crippen molar-refractivity contribution >= 4 is 29.5 Å². The molecule has 1 saturated heterocycles. The van der Waals surface area contributed by atoms with Crippen LogP contribution < -0.4 is 11.1 Å². The highest BCUT2D eigenvalue weighted by molar-refractivity contribution is 7.99. The number of nitrogens with zero attached hydrogens (tertiary/aromatic N) is 1. The zero-order valence-electron chi connectivity index (χ0n) is 12.7. The van der Waals surface area contributed by atoms with E-state index in [1.807, 2.05) is 12.1 Å². The van der Waals surface area contributed by atoms with E-state index < -0.39 is 6.04 Å². The maximum absolute atomic E-state index is 12.6. The lowest BCUT2D eigenvalue weighted by Crippen LogP contribution is -2.52. The molecular formula is C16H19N3O3S. The predicted octanol–water partition coefficient (Wildman–Crippen LogP) is 0.889. The highest BCUT2D eigenvalue weighted by Gasteiger charge is 2.39. The number of carbonyl (C=O) groups is 3. The summed E-state index contributed by atoms with van der Waals surface area (Å²) in [5.74, 6) is 0.128. The van der Waals surface area contributed by atoms with Gasteiger partial charge < -0.3 is 10.6 Å². The van der Waals surface area contributed by atoms with Crippen molar-refractivity contribution in [1.29, 1.82) is 0 Å². The molecule has 0 bridgehead atoms. The van der Waals surface area contributed by atoms with Crippen LogP contribution in [0.3, 0.4) is 0 Å².